The molecule has 0 spiro atoms. The van der Waals surface area contributed by atoms with Gasteiger partial charge in [-0.3, -0.25) is 4.79 Å². The Morgan fingerprint density at radius 2 is 1.95 bits per heavy atom. The topological polar surface area (TPSA) is 69.6 Å². The van der Waals surface area contributed by atoms with E-state index in [0.717, 1.165) is 5.56 Å². The third-order valence-electron chi connectivity index (χ3n) is 2.87. The minimum atomic E-state index is -0.905. The summed E-state index contributed by atoms with van der Waals surface area (Å²) in [4.78, 5) is 23.8. The molecule has 0 heterocycles. The van der Waals surface area contributed by atoms with E-state index in [1.807, 2.05) is 31.2 Å². The highest BCUT2D eigenvalue weighted by molar-refractivity contribution is 6.30. The van der Waals surface area contributed by atoms with Gasteiger partial charge in [0.2, 0.25) is 0 Å². The van der Waals surface area contributed by atoms with Crippen LogP contribution in [0.3, 0.4) is 0 Å². The van der Waals surface area contributed by atoms with Gasteiger partial charge in [-0.05, 0) is 31.0 Å². The van der Waals surface area contributed by atoms with Crippen molar-refractivity contribution in [3.8, 4) is 0 Å². The van der Waals surface area contributed by atoms with Crippen LogP contribution in [0.5, 0.6) is 0 Å². The molecule has 1 rings (SSSR count). The number of hydrogen-bond donors (Lipinski definition) is 2. The molecule has 0 aliphatic carbocycles. The summed E-state index contributed by atoms with van der Waals surface area (Å²) in [7, 11) is 0. The molecule has 0 aliphatic heterocycles. The normalized spacial score (nSPS) is 10.1. The molecule has 5 nitrogen and oxygen atoms in total. The highest BCUT2D eigenvalue weighted by Crippen LogP contribution is 2.09. The predicted octanol–water partition coefficient (Wildman–Crippen LogP) is 2.39. The summed E-state index contributed by atoms with van der Waals surface area (Å²) in [6.07, 6.45) is 0.665. The first kappa shape index (κ1) is 16.3. The van der Waals surface area contributed by atoms with Gasteiger partial charge >= 0.3 is 12.0 Å². The molecule has 0 saturated heterocycles. The van der Waals surface area contributed by atoms with Crippen molar-refractivity contribution in [2.45, 2.75) is 19.8 Å². The van der Waals surface area contributed by atoms with E-state index < -0.39 is 5.97 Å². The highest BCUT2D eigenvalue weighted by atomic mass is 35.5. The van der Waals surface area contributed by atoms with Crippen LogP contribution in [0.1, 0.15) is 18.9 Å². The second-order valence-electron chi connectivity index (χ2n) is 4.33. The average Bonchev–Trinajstić information content (AvgIpc) is 2.41. The van der Waals surface area contributed by atoms with Gasteiger partial charge in [0.1, 0.15) is 0 Å². The maximum Gasteiger partial charge on any atom is 0.317 e. The van der Waals surface area contributed by atoms with Crippen LogP contribution in [0, 0.1) is 0 Å². The molecule has 6 heteroatoms. The molecule has 0 saturated carbocycles. The number of nitrogens with one attached hydrogen (secondary N) is 1. The smallest absolute Gasteiger partial charge is 0.317 e. The molecule has 1 aromatic carbocycles. The van der Waals surface area contributed by atoms with Crippen LogP contribution in [0.15, 0.2) is 24.3 Å². The number of carbonyl (C=O) groups excluding carboxylic acids is 1. The van der Waals surface area contributed by atoms with Crippen LogP contribution >= 0.6 is 11.6 Å². The Balaban J connectivity index is 2.33. The zero-order chi connectivity index (χ0) is 15.0. The van der Waals surface area contributed by atoms with Gasteiger partial charge in [0.15, 0.2) is 0 Å². The van der Waals surface area contributed by atoms with E-state index in [4.69, 9.17) is 16.7 Å². The molecule has 2 N–H and O–H groups in total. The molecular weight excluding hydrogens is 280 g/mol. The fourth-order valence-corrected chi connectivity index (χ4v) is 1.84. The van der Waals surface area contributed by atoms with Crippen LogP contribution in [0.25, 0.3) is 0 Å². The average molecular weight is 299 g/mol. The minimum absolute atomic E-state index is 0.0432. The second-order valence-corrected chi connectivity index (χ2v) is 4.77. The van der Waals surface area contributed by atoms with Gasteiger partial charge in [-0.2, -0.15) is 0 Å². The summed E-state index contributed by atoms with van der Waals surface area (Å²) in [5.74, 6) is -0.905. The van der Waals surface area contributed by atoms with Crippen molar-refractivity contribution >= 4 is 23.6 Å². The van der Waals surface area contributed by atoms with Crippen molar-refractivity contribution in [2.75, 3.05) is 19.6 Å². The van der Waals surface area contributed by atoms with Crippen LogP contribution < -0.4 is 5.32 Å². The molecule has 0 fully saturated rings. The maximum absolute atomic E-state index is 11.8. The summed E-state index contributed by atoms with van der Waals surface area (Å²) in [6.45, 7) is 3.03. The number of carbonyl (C=O) groups is 2. The Hall–Kier alpha value is -1.75. The molecule has 0 radical (unpaired) electrons. The lowest BCUT2D eigenvalue weighted by Crippen LogP contribution is -2.41. The number of halogens is 1. The van der Waals surface area contributed by atoms with Crippen molar-refractivity contribution in [3.05, 3.63) is 34.9 Å². The second kappa shape index (κ2) is 8.43. The van der Waals surface area contributed by atoms with Crippen molar-refractivity contribution in [1.29, 1.82) is 0 Å². The van der Waals surface area contributed by atoms with Gasteiger partial charge in [0.05, 0.1) is 6.42 Å². The molecule has 20 heavy (non-hydrogen) atoms. The standard InChI is InChI=1S/C14H19ClN2O3/c1-2-17(10-8-13(18)19)14(20)16-9-7-11-3-5-12(15)6-4-11/h3-6H,2,7-10H2,1H3,(H,16,20)(H,18,19). The lowest BCUT2D eigenvalue weighted by atomic mass is 10.1. The Bertz CT molecular complexity index is 448. The van der Waals surface area contributed by atoms with Crippen molar-refractivity contribution < 1.29 is 14.7 Å². The Kier molecular flexibility index (Phi) is 6.87. The number of urea groups is 1. The van der Waals surface area contributed by atoms with E-state index in [1.165, 1.54) is 4.90 Å². The number of aliphatic carboxylic acids is 1. The first-order valence-electron chi connectivity index (χ1n) is 6.52. The van der Waals surface area contributed by atoms with Crippen LogP contribution in [0.4, 0.5) is 4.79 Å². The molecule has 0 aromatic heterocycles. The Morgan fingerprint density at radius 3 is 2.50 bits per heavy atom. The molecular formula is C14H19ClN2O3. The van der Waals surface area contributed by atoms with Crippen molar-refractivity contribution in [1.82, 2.24) is 10.2 Å². The first-order valence-corrected chi connectivity index (χ1v) is 6.89. The number of nitrogens with zero attached hydrogens (tertiary/aromatic N) is 1. The van der Waals surface area contributed by atoms with E-state index in [-0.39, 0.29) is 19.0 Å². The van der Waals surface area contributed by atoms with Crippen molar-refractivity contribution in [2.24, 2.45) is 0 Å². The van der Waals surface area contributed by atoms with Gasteiger partial charge in [0.25, 0.3) is 0 Å². The third-order valence-corrected chi connectivity index (χ3v) is 3.12. The number of carboxylic acid groups (broad SMARTS) is 1. The lowest BCUT2D eigenvalue weighted by molar-refractivity contribution is -0.137. The van der Waals surface area contributed by atoms with Gasteiger partial charge < -0.3 is 15.3 Å². The number of benzene rings is 1. The highest BCUT2D eigenvalue weighted by Gasteiger charge is 2.11. The van der Waals surface area contributed by atoms with Crippen LogP contribution in [0.2, 0.25) is 5.02 Å². The zero-order valence-corrected chi connectivity index (χ0v) is 12.2. The number of amides is 2. The third kappa shape index (κ3) is 5.93. The molecule has 0 atom stereocenters. The Labute approximate surface area is 123 Å². The van der Waals surface area contributed by atoms with Gasteiger partial charge in [-0.1, -0.05) is 23.7 Å². The van der Waals surface area contributed by atoms with Crippen molar-refractivity contribution in [3.63, 3.8) is 0 Å². The molecule has 110 valence electrons. The zero-order valence-electron chi connectivity index (χ0n) is 11.4. The molecule has 0 unspecified atom stereocenters. The number of hydrogen-bond acceptors (Lipinski definition) is 2. The fourth-order valence-electron chi connectivity index (χ4n) is 1.71. The van der Waals surface area contributed by atoms with Crippen LogP contribution in [-0.2, 0) is 11.2 Å². The SMILES string of the molecule is CCN(CCC(=O)O)C(=O)NCCc1ccc(Cl)cc1. The Morgan fingerprint density at radius 1 is 1.30 bits per heavy atom. The summed E-state index contributed by atoms with van der Waals surface area (Å²) < 4.78 is 0. The van der Waals surface area contributed by atoms with Crippen LogP contribution in [-0.4, -0.2) is 41.6 Å². The molecule has 0 bridgehead atoms. The largest absolute Gasteiger partial charge is 0.481 e. The maximum atomic E-state index is 11.8. The minimum Gasteiger partial charge on any atom is -0.481 e. The fraction of sp³-hybridized carbons (Fsp3) is 0.429. The van der Waals surface area contributed by atoms with E-state index >= 15 is 0 Å². The predicted molar refractivity (Wildman–Crippen MR) is 78.1 cm³/mol. The van der Waals surface area contributed by atoms with E-state index in [2.05, 4.69) is 5.32 Å². The van der Waals surface area contributed by atoms with E-state index in [1.54, 1.807) is 0 Å². The number of carboxylic acids is 1. The van der Waals surface area contributed by atoms with Gasteiger partial charge in [-0.15, -0.1) is 0 Å². The summed E-state index contributed by atoms with van der Waals surface area (Å²) in [6, 6.07) is 7.21. The molecule has 0 aliphatic rings. The van der Waals surface area contributed by atoms with E-state index in [9.17, 15) is 9.59 Å². The number of rotatable bonds is 7. The summed E-state index contributed by atoms with van der Waals surface area (Å²) in [5, 5.41) is 12.1. The molecule has 1 aromatic rings. The van der Waals surface area contributed by atoms with Gasteiger partial charge in [0, 0.05) is 24.7 Å². The van der Waals surface area contributed by atoms with E-state index in [0.29, 0.717) is 24.5 Å². The molecule has 2 amide bonds. The van der Waals surface area contributed by atoms with Gasteiger partial charge in [-0.25, -0.2) is 4.79 Å². The monoisotopic (exact) mass is 298 g/mol. The first-order chi connectivity index (χ1) is 9.52. The summed E-state index contributed by atoms with van der Waals surface area (Å²) >= 11 is 5.79. The quantitative estimate of drug-likeness (QED) is 0.812. The summed E-state index contributed by atoms with van der Waals surface area (Å²) in [5.41, 5.74) is 1.09. The lowest BCUT2D eigenvalue weighted by Gasteiger charge is -2.20.